The van der Waals surface area contributed by atoms with Gasteiger partial charge in [0.1, 0.15) is 13.1 Å². The van der Waals surface area contributed by atoms with Gasteiger partial charge in [-0.2, -0.15) is 4.98 Å². The average molecular weight is 286 g/mol. The van der Waals surface area contributed by atoms with Crippen molar-refractivity contribution >= 4 is 18.0 Å². The molecule has 0 atom stereocenters. The third-order valence-corrected chi connectivity index (χ3v) is 2.12. The summed E-state index contributed by atoms with van der Waals surface area (Å²) in [4.78, 5) is 37.3. The number of hydrogen-bond acceptors (Lipinski definition) is 6. The van der Waals surface area contributed by atoms with Crippen LogP contribution in [-0.2, 0) is 16.0 Å². The molecule has 0 saturated heterocycles. The Balaban J connectivity index is 2.44. The number of rotatable bonds is 7. The summed E-state index contributed by atoms with van der Waals surface area (Å²) >= 11 is 0. The standard InChI is InChI=1S/C10H14N4O6/c1-6-12-7(20-13-6)2-3-11-10(19)14(4-8(15)16)5-9(17)18/h2-5H2,1H3,(H,11,19)(H,15,16)(H,17,18). The predicted molar refractivity (Wildman–Crippen MR) is 63.0 cm³/mol. The molecule has 0 fully saturated rings. The first-order valence-electron chi connectivity index (χ1n) is 5.64. The maximum atomic E-state index is 11.6. The lowest BCUT2D eigenvalue weighted by Gasteiger charge is -2.18. The first kappa shape index (κ1) is 15.4. The molecule has 0 aliphatic heterocycles. The van der Waals surface area contributed by atoms with Gasteiger partial charge in [-0.05, 0) is 6.92 Å². The maximum Gasteiger partial charge on any atom is 0.323 e. The molecule has 1 heterocycles. The van der Waals surface area contributed by atoms with Crippen LogP contribution >= 0.6 is 0 Å². The Bertz CT molecular complexity index is 484. The Labute approximate surface area is 113 Å². The number of aromatic nitrogens is 2. The van der Waals surface area contributed by atoms with Crippen LogP contribution in [0.5, 0.6) is 0 Å². The fourth-order valence-electron chi connectivity index (χ4n) is 1.36. The normalized spacial score (nSPS) is 10.1. The molecule has 2 amide bonds. The van der Waals surface area contributed by atoms with Crippen molar-refractivity contribution in [2.75, 3.05) is 19.6 Å². The molecular weight excluding hydrogens is 272 g/mol. The molecule has 1 rings (SSSR count). The highest BCUT2D eigenvalue weighted by Gasteiger charge is 2.19. The summed E-state index contributed by atoms with van der Waals surface area (Å²) in [6.45, 7) is 0.374. The first-order valence-corrected chi connectivity index (χ1v) is 5.64. The number of amides is 2. The monoisotopic (exact) mass is 286 g/mol. The van der Waals surface area contributed by atoms with Crippen LogP contribution in [0, 0.1) is 6.92 Å². The highest BCUT2D eigenvalue weighted by Crippen LogP contribution is 1.96. The van der Waals surface area contributed by atoms with Gasteiger partial charge in [0, 0.05) is 13.0 Å². The number of carbonyl (C=O) groups excluding carboxylic acids is 1. The van der Waals surface area contributed by atoms with Crippen molar-refractivity contribution in [2.24, 2.45) is 0 Å². The van der Waals surface area contributed by atoms with Gasteiger partial charge >= 0.3 is 18.0 Å². The SMILES string of the molecule is Cc1noc(CCNC(=O)N(CC(=O)O)CC(=O)O)n1. The van der Waals surface area contributed by atoms with Crippen LogP contribution in [0.15, 0.2) is 4.52 Å². The smallest absolute Gasteiger partial charge is 0.323 e. The quantitative estimate of drug-likeness (QED) is 0.584. The molecule has 0 saturated carbocycles. The number of nitrogens with one attached hydrogen (secondary N) is 1. The Kier molecular flexibility index (Phi) is 5.44. The molecule has 0 spiro atoms. The van der Waals surface area contributed by atoms with Gasteiger partial charge in [-0.3, -0.25) is 9.59 Å². The van der Waals surface area contributed by atoms with E-state index in [4.69, 9.17) is 14.7 Å². The zero-order chi connectivity index (χ0) is 15.1. The van der Waals surface area contributed by atoms with Crippen molar-refractivity contribution in [3.63, 3.8) is 0 Å². The molecule has 3 N–H and O–H groups in total. The van der Waals surface area contributed by atoms with Gasteiger partial charge in [-0.15, -0.1) is 0 Å². The number of aryl methyl sites for hydroxylation is 1. The van der Waals surface area contributed by atoms with Gasteiger partial charge < -0.3 is 25.0 Å². The van der Waals surface area contributed by atoms with Crippen LogP contribution in [0.4, 0.5) is 4.79 Å². The fraction of sp³-hybridized carbons (Fsp3) is 0.500. The third kappa shape index (κ3) is 5.33. The number of aliphatic carboxylic acids is 2. The fourth-order valence-corrected chi connectivity index (χ4v) is 1.36. The van der Waals surface area contributed by atoms with Gasteiger partial charge in [0.25, 0.3) is 0 Å². The van der Waals surface area contributed by atoms with Crippen LogP contribution in [0.3, 0.4) is 0 Å². The van der Waals surface area contributed by atoms with Gasteiger partial charge in [-0.1, -0.05) is 5.16 Å². The second-order valence-corrected chi connectivity index (χ2v) is 3.86. The lowest BCUT2D eigenvalue weighted by molar-refractivity contribution is -0.140. The van der Waals surface area contributed by atoms with Crippen LogP contribution in [0.1, 0.15) is 11.7 Å². The second-order valence-electron chi connectivity index (χ2n) is 3.86. The maximum absolute atomic E-state index is 11.6. The number of carboxylic acids is 2. The van der Waals surface area contributed by atoms with Gasteiger partial charge in [0.15, 0.2) is 5.82 Å². The Morgan fingerprint density at radius 3 is 2.30 bits per heavy atom. The number of carbonyl (C=O) groups is 3. The van der Waals surface area contributed by atoms with Crippen molar-refractivity contribution in [1.82, 2.24) is 20.4 Å². The summed E-state index contributed by atoms with van der Waals surface area (Å²) in [5, 5.41) is 23.2. The zero-order valence-corrected chi connectivity index (χ0v) is 10.7. The van der Waals surface area contributed by atoms with E-state index < -0.39 is 31.1 Å². The lowest BCUT2D eigenvalue weighted by Crippen LogP contribution is -2.45. The molecule has 110 valence electrons. The molecular formula is C10H14N4O6. The molecule has 0 aromatic carbocycles. The average Bonchev–Trinajstić information content (AvgIpc) is 2.73. The van der Waals surface area contributed by atoms with Crippen molar-refractivity contribution in [3.05, 3.63) is 11.7 Å². The van der Waals surface area contributed by atoms with E-state index in [2.05, 4.69) is 15.5 Å². The molecule has 20 heavy (non-hydrogen) atoms. The predicted octanol–water partition coefficient (Wildman–Crippen LogP) is -0.899. The Morgan fingerprint density at radius 2 is 1.85 bits per heavy atom. The highest BCUT2D eigenvalue weighted by molar-refractivity contribution is 5.84. The first-order chi connectivity index (χ1) is 9.38. The zero-order valence-electron chi connectivity index (χ0n) is 10.7. The summed E-state index contributed by atoms with van der Waals surface area (Å²) in [5.41, 5.74) is 0. The summed E-state index contributed by atoms with van der Waals surface area (Å²) < 4.78 is 4.82. The molecule has 0 bridgehead atoms. The van der Waals surface area contributed by atoms with Gasteiger partial charge in [0.2, 0.25) is 5.89 Å². The summed E-state index contributed by atoms with van der Waals surface area (Å²) in [7, 11) is 0. The van der Waals surface area contributed by atoms with E-state index in [1.807, 2.05) is 0 Å². The Morgan fingerprint density at radius 1 is 1.25 bits per heavy atom. The van der Waals surface area contributed by atoms with E-state index in [0.29, 0.717) is 16.6 Å². The van der Waals surface area contributed by atoms with Crippen LogP contribution < -0.4 is 5.32 Å². The van der Waals surface area contributed by atoms with E-state index in [1.165, 1.54) is 0 Å². The van der Waals surface area contributed by atoms with E-state index in [9.17, 15) is 14.4 Å². The molecule has 0 radical (unpaired) electrons. The number of urea groups is 1. The van der Waals surface area contributed by atoms with Crippen molar-refractivity contribution < 1.29 is 29.1 Å². The topological polar surface area (TPSA) is 146 Å². The molecule has 1 aromatic heterocycles. The van der Waals surface area contributed by atoms with Crippen molar-refractivity contribution in [1.29, 1.82) is 0 Å². The van der Waals surface area contributed by atoms with E-state index in [-0.39, 0.29) is 13.0 Å². The Hall–Kier alpha value is -2.65. The number of carboxylic acid groups (broad SMARTS) is 2. The van der Waals surface area contributed by atoms with Crippen LogP contribution in [0.2, 0.25) is 0 Å². The molecule has 10 heteroatoms. The minimum atomic E-state index is -1.30. The third-order valence-electron chi connectivity index (χ3n) is 2.12. The largest absolute Gasteiger partial charge is 0.480 e. The molecule has 1 aromatic rings. The van der Waals surface area contributed by atoms with E-state index >= 15 is 0 Å². The minimum Gasteiger partial charge on any atom is -0.480 e. The highest BCUT2D eigenvalue weighted by atomic mass is 16.5. The minimum absolute atomic E-state index is 0.121. The van der Waals surface area contributed by atoms with Crippen LogP contribution in [-0.4, -0.2) is 62.9 Å². The summed E-state index contributed by atoms with van der Waals surface area (Å²) in [6.07, 6.45) is 0.264. The lowest BCUT2D eigenvalue weighted by atomic mass is 10.4. The summed E-state index contributed by atoms with van der Waals surface area (Å²) in [6, 6.07) is -0.786. The molecule has 10 nitrogen and oxygen atoms in total. The molecule has 0 aliphatic rings. The molecule has 0 unspecified atom stereocenters. The number of hydrogen-bond donors (Lipinski definition) is 3. The van der Waals surface area contributed by atoms with Crippen LogP contribution in [0.25, 0.3) is 0 Å². The van der Waals surface area contributed by atoms with Gasteiger partial charge in [0.05, 0.1) is 0 Å². The molecule has 0 aliphatic carbocycles. The van der Waals surface area contributed by atoms with Crippen molar-refractivity contribution in [2.45, 2.75) is 13.3 Å². The summed E-state index contributed by atoms with van der Waals surface area (Å²) in [5.74, 6) is -1.81. The second kappa shape index (κ2) is 7.07. The van der Waals surface area contributed by atoms with E-state index in [1.54, 1.807) is 6.92 Å². The van der Waals surface area contributed by atoms with Crippen molar-refractivity contribution in [3.8, 4) is 0 Å². The van der Waals surface area contributed by atoms with E-state index in [0.717, 1.165) is 0 Å². The number of nitrogens with zero attached hydrogens (tertiary/aromatic N) is 3. The van der Waals surface area contributed by atoms with Gasteiger partial charge in [-0.25, -0.2) is 4.79 Å².